The topological polar surface area (TPSA) is 105 Å². The number of nitrogens with one attached hydrogen (secondary N) is 1. The summed E-state index contributed by atoms with van der Waals surface area (Å²) in [5.41, 5.74) is 0. The van der Waals surface area contributed by atoms with Crippen molar-refractivity contribution in [1.82, 2.24) is 4.72 Å². The fraction of sp³-hybridized carbons (Fsp3) is 0.500. The summed E-state index contributed by atoms with van der Waals surface area (Å²) in [4.78, 5) is 10.4. The number of carbonyl (C=O) groups excluding carboxylic acids is 1. The summed E-state index contributed by atoms with van der Waals surface area (Å²) in [6.45, 7) is 1.09. The van der Waals surface area contributed by atoms with Crippen LogP contribution in [0, 0.1) is 0 Å². The molecule has 122 valence electrons. The predicted octanol–water partition coefficient (Wildman–Crippen LogP) is 0.0464. The summed E-state index contributed by atoms with van der Waals surface area (Å²) < 4.78 is 37.5. The zero-order valence-corrected chi connectivity index (χ0v) is 12.9. The first-order valence-corrected chi connectivity index (χ1v) is 8.56. The first-order chi connectivity index (χ1) is 10.5. The zero-order chi connectivity index (χ0) is 16.0. The van der Waals surface area contributed by atoms with Crippen molar-refractivity contribution in [1.29, 1.82) is 0 Å². The van der Waals surface area contributed by atoms with Crippen LogP contribution in [0.2, 0.25) is 0 Å². The van der Waals surface area contributed by atoms with Gasteiger partial charge in [-0.05, 0) is 31.4 Å². The van der Waals surface area contributed by atoms with E-state index in [4.69, 9.17) is 9.47 Å². The quantitative estimate of drug-likeness (QED) is 0.676. The number of ether oxygens (including phenoxy) is 2. The SMILES string of the molecule is O=C([O-])CCCCCNS(=O)(=O)c1ccc2c(c1)OCCO2. The van der Waals surface area contributed by atoms with Crippen LogP contribution < -0.4 is 19.3 Å². The maximum absolute atomic E-state index is 12.1. The molecule has 0 aliphatic carbocycles. The minimum atomic E-state index is -3.61. The van der Waals surface area contributed by atoms with E-state index in [2.05, 4.69) is 4.72 Å². The van der Waals surface area contributed by atoms with Gasteiger partial charge < -0.3 is 19.4 Å². The van der Waals surface area contributed by atoms with Crippen molar-refractivity contribution >= 4 is 16.0 Å². The van der Waals surface area contributed by atoms with E-state index >= 15 is 0 Å². The summed E-state index contributed by atoms with van der Waals surface area (Å²) >= 11 is 0. The van der Waals surface area contributed by atoms with Crippen LogP contribution in [-0.4, -0.2) is 34.1 Å². The molecule has 0 fully saturated rings. The van der Waals surface area contributed by atoms with E-state index in [0.29, 0.717) is 44.0 Å². The van der Waals surface area contributed by atoms with Crippen LogP contribution in [-0.2, 0) is 14.8 Å². The maximum Gasteiger partial charge on any atom is 0.240 e. The Morgan fingerprint density at radius 1 is 1.14 bits per heavy atom. The van der Waals surface area contributed by atoms with Gasteiger partial charge in [-0.15, -0.1) is 0 Å². The summed E-state index contributed by atoms with van der Waals surface area (Å²) in [7, 11) is -3.61. The van der Waals surface area contributed by atoms with E-state index in [1.165, 1.54) is 12.1 Å². The molecule has 0 radical (unpaired) electrons. The largest absolute Gasteiger partial charge is 0.550 e. The van der Waals surface area contributed by atoms with Crippen molar-refractivity contribution in [2.24, 2.45) is 0 Å². The van der Waals surface area contributed by atoms with Gasteiger partial charge in [0.25, 0.3) is 0 Å². The Balaban J connectivity index is 1.86. The third-order valence-corrected chi connectivity index (χ3v) is 4.63. The molecule has 0 unspecified atom stereocenters. The van der Waals surface area contributed by atoms with Gasteiger partial charge in [-0.3, -0.25) is 0 Å². The fourth-order valence-corrected chi connectivity index (χ4v) is 3.14. The van der Waals surface area contributed by atoms with Crippen LogP contribution in [0.4, 0.5) is 0 Å². The molecule has 0 atom stereocenters. The van der Waals surface area contributed by atoms with E-state index in [0.717, 1.165) is 0 Å². The molecule has 1 aliphatic heterocycles. The minimum absolute atomic E-state index is 0.00505. The highest BCUT2D eigenvalue weighted by Gasteiger charge is 2.18. The van der Waals surface area contributed by atoms with Crippen LogP contribution in [0.25, 0.3) is 0 Å². The normalized spacial score (nSPS) is 13.8. The summed E-state index contributed by atoms with van der Waals surface area (Å²) in [6, 6.07) is 4.47. The predicted molar refractivity (Wildman–Crippen MR) is 76.1 cm³/mol. The first-order valence-electron chi connectivity index (χ1n) is 7.08. The number of carboxylic acid groups (broad SMARTS) is 1. The molecule has 1 aromatic rings. The number of carboxylic acids is 1. The molecule has 1 aromatic carbocycles. The molecule has 1 N–H and O–H groups in total. The van der Waals surface area contributed by atoms with Gasteiger partial charge in [-0.25, -0.2) is 13.1 Å². The van der Waals surface area contributed by atoms with Crippen LogP contribution in [0.3, 0.4) is 0 Å². The molecule has 1 aliphatic rings. The van der Waals surface area contributed by atoms with Crippen LogP contribution in [0.5, 0.6) is 11.5 Å². The fourth-order valence-electron chi connectivity index (χ4n) is 2.05. The Labute approximate surface area is 129 Å². The van der Waals surface area contributed by atoms with Crippen molar-refractivity contribution in [3.63, 3.8) is 0 Å². The van der Waals surface area contributed by atoms with Crippen molar-refractivity contribution in [2.45, 2.75) is 30.6 Å². The number of hydrogen-bond acceptors (Lipinski definition) is 6. The number of sulfonamides is 1. The van der Waals surface area contributed by atoms with Crippen molar-refractivity contribution < 1.29 is 27.8 Å². The standard InChI is InChI=1S/C14H19NO6S/c16-14(17)4-2-1-3-7-15-22(18,19)11-5-6-12-13(10-11)21-9-8-20-12/h5-6,10,15H,1-4,7-9H2,(H,16,17)/p-1. The average Bonchev–Trinajstić information content (AvgIpc) is 2.50. The second-order valence-electron chi connectivity index (χ2n) is 4.89. The highest BCUT2D eigenvalue weighted by atomic mass is 32.2. The van der Waals surface area contributed by atoms with E-state index < -0.39 is 16.0 Å². The third kappa shape index (κ3) is 4.60. The lowest BCUT2D eigenvalue weighted by molar-refractivity contribution is -0.305. The number of hydrogen-bond donors (Lipinski definition) is 1. The van der Waals surface area contributed by atoms with Gasteiger partial charge in [-0.2, -0.15) is 0 Å². The van der Waals surface area contributed by atoms with E-state index in [1.54, 1.807) is 6.07 Å². The molecule has 22 heavy (non-hydrogen) atoms. The van der Waals surface area contributed by atoms with Gasteiger partial charge in [0.1, 0.15) is 13.2 Å². The Morgan fingerprint density at radius 2 is 1.86 bits per heavy atom. The molecule has 0 aromatic heterocycles. The molecule has 0 bridgehead atoms. The number of benzene rings is 1. The minimum Gasteiger partial charge on any atom is -0.550 e. The maximum atomic E-state index is 12.1. The molecule has 0 amide bonds. The average molecular weight is 328 g/mol. The number of rotatable bonds is 8. The zero-order valence-electron chi connectivity index (χ0n) is 12.0. The Morgan fingerprint density at radius 3 is 2.59 bits per heavy atom. The summed E-state index contributed by atoms with van der Waals surface area (Å²) in [6.07, 6.45) is 1.66. The molecule has 0 saturated heterocycles. The molecule has 7 nitrogen and oxygen atoms in total. The Kier molecular flexibility index (Phi) is 5.62. The molecule has 8 heteroatoms. The van der Waals surface area contributed by atoms with Gasteiger partial charge in [0.15, 0.2) is 11.5 Å². The lowest BCUT2D eigenvalue weighted by Crippen LogP contribution is -2.25. The molecular formula is C14H18NO6S-. The lowest BCUT2D eigenvalue weighted by Gasteiger charge is -2.18. The Hall–Kier alpha value is -1.80. The molecule has 1 heterocycles. The van der Waals surface area contributed by atoms with E-state index in [-0.39, 0.29) is 17.9 Å². The van der Waals surface area contributed by atoms with E-state index in [9.17, 15) is 18.3 Å². The molecule has 0 saturated carbocycles. The number of aliphatic carboxylic acids is 1. The first kappa shape index (κ1) is 16.6. The van der Waals surface area contributed by atoms with Crippen LogP contribution >= 0.6 is 0 Å². The third-order valence-electron chi connectivity index (χ3n) is 3.17. The van der Waals surface area contributed by atoms with Crippen LogP contribution in [0.15, 0.2) is 23.1 Å². The van der Waals surface area contributed by atoms with Crippen molar-refractivity contribution in [3.8, 4) is 11.5 Å². The molecular weight excluding hydrogens is 310 g/mol. The smallest absolute Gasteiger partial charge is 0.240 e. The Bertz CT molecular complexity index is 628. The monoisotopic (exact) mass is 328 g/mol. The highest BCUT2D eigenvalue weighted by Crippen LogP contribution is 2.32. The second kappa shape index (κ2) is 7.46. The molecule has 0 spiro atoms. The number of fused-ring (bicyclic) bond motifs is 1. The van der Waals surface area contributed by atoms with Crippen molar-refractivity contribution in [2.75, 3.05) is 19.8 Å². The van der Waals surface area contributed by atoms with Crippen molar-refractivity contribution in [3.05, 3.63) is 18.2 Å². The van der Waals surface area contributed by atoms with Gasteiger partial charge in [0, 0.05) is 18.6 Å². The lowest BCUT2D eigenvalue weighted by atomic mass is 10.2. The summed E-state index contributed by atoms with van der Waals surface area (Å²) in [5.74, 6) is -0.132. The molecule has 2 rings (SSSR count). The van der Waals surface area contributed by atoms with Gasteiger partial charge in [0.2, 0.25) is 10.0 Å². The summed E-state index contributed by atoms with van der Waals surface area (Å²) in [5, 5.41) is 10.2. The number of carbonyl (C=O) groups is 1. The van der Waals surface area contributed by atoms with Gasteiger partial charge in [0.05, 0.1) is 4.90 Å². The second-order valence-corrected chi connectivity index (χ2v) is 6.65. The van der Waals surface area contributed by atoms with Gasteiger partial charge in [-0.1, -0.05) is 6.42 Å². The van der Waals surface area contributed by atoms with E-state index in [1.807, 2.05) is 0 Å². The van der Waals surface area contributed by atoms with Crippen LogP contribution in [0.1, 0.15) is 25.7 Å². The van der Waals surface area contributed by atoms with Gasteiger partial charge >= 0.3 is 0 Å². The number of unbranched alkanes of at least 4 members (excludes halogenated alkanes) is 2. The highest BCUT2D eigenvalue weighted by molar-refractivity contribution is 7.89.